The van der Waals surface area contributed by atoms with Crippen LogP contribution in [0.5, 0.6) is 0 Å². The van der Waals surface area contributed by atoms with Gasteiger partial charge < -0.3 is 10.6 Å². The maximum atomic E-state index is 13.3. The van der Waals surface area contributed by atoms with Crippen LogP contribution in [0.3, 0.4) is 0 Å². The van der Waals surface area contributed by atoms with Crippen LogP contribution in [0.1, 0.15) is 25.7 Å². The van der Waals surface area contributed by atoms with Crippen LogP contribution in [0.2, 0.25) is 0 Å². The van der Waals surface area contributed by atoms with E-state index in [0.29, 0.717) is 24.5 Å². The number of benzene rings is 1. The Labute approximate surface area is 160 Å². The van der Waals surface area contributed by atoms with Crippen molar-refractivity contribution in [1.29, 1.82) is 5.53 Å². The van der Waals surface area contributed by atoms with Crippen molar-refractivity contribution in [2.24, 2.45) is 5.11 Å². The monoisotopic (exact) mass is 385 g/mol. The van der Waals surface area contributed by atoms with Crippen molar-refractivity contribution in [1.82, 2.24) is 14.6 Å². The normalized spacial score (nSPS) is 16.8. The molecule has 1 aliphatic carbocycles. The molecule has 1 aliphatic rings. The molecule has 0 unspecified atom stereocenters. The molecule has 0 saturated heterocycles. The predicted molar refractivity (Wildman–Crippen MR) is 104 cm³/mol. The molecule has 0 aliphatic heterocycles. The number of hydrogen-bond donors (Lipinski definition) is 3. The highest BCUT2D eigenvalue weighted by molar-refractivity contribution is 5.84. The van der Waals surface area contributed by atoms with Crippen LogP contribution in [-0.4, -0.2) is 33.6 Å². The molecule has 0 bridgehead atoms. The van der Waals surface area contributed by atoms with Gasteiger partial charge in [-0.15, -0.1) is 5.10 Å². The maximum Gasteiger partial charge on any atom is 0.248 e. The highest BCUT2D eigenvalue weighted by atomic mass is 19.3. The number of nitrogens with one attached hydrogen (secondary N) is 3. The Morgan fingerprint density at radius 3 is 2.75 bits per heavy atom. The summed E-state index contributed by atoms with van der Waals surface area (Å²) in [5, 5.41) is 14.2. The Balaban J connectivity index is 1.58. The molecule has 4 rings (SSSR count). The van der Waals surface area contributed by atoms with Crippen LogP contribution in [0.4, 0.5) is 26.1 Å². The number of hydrogen-bond acceptors (Lipinski definition) is 6. The van der Waals surface area contributed by atoms with Crippen LogP contribution in [0.15, 0.2) is 41.8 Å². The first kappa shape index (κ1) is 18.3. The number of nitrogens with zero attached hydrogens (tertiary/aromatic N) is 4. The second-order valence-electron chi connectivity index (χ2n) is 7.01. The van der Waals surface area contributed by atoms with Gasteiger partial charge in [0.25, 0.3) is 0 Å². The summed E-state index contributed by atoms with van der Waals surface area (Å²) in [6.07, 6.45) is 4.18. The van der Waals surface area contributed by atoms with Crippen molar-refractivity contribution in [2.45, 2.75) is 37.6 Å². The van der Waals surface area contributed by atoms with E-state index >= 15 is 0 Å². The second-order valence-corrected chi connectivity index (χ2v) is 7.01. The summed E-state index contributed by atoms with van der Waals surface area (Å²) in [5.41, 5.74) is 11.3. The van der Waals surface area contributed by atoms with Crippen molar-refractivity contribution < 1.29 is 8.78 Å². The summed E-state index contributed by atoms with van der Waals surface area (Å²) >= 11 is 0. The van der Waals surface area contributed by atoms with Gasteiger partial charge >= 0.3 is 0 Å². The Morgan fingerprint density at radius 2 is 2.04 bits per heavy atom. The van der Waals surface area contributed by atoms with Crippen molar-refractivity contribution in [3.05, 3.63) is 36.7 Å². The molecular formula is C19H21F2N7. The van der Waals surface area contributed by atoms with E-state index in [9.17, 15) is 8.78 Å². The minimum absolute atomic E-state index is 0.0357. The predicted octanol–water partition coefficient (Wildman–Crippen LogP) is 5.09. The molecule has 3 N–H and O–H groups in total. The van der Waals surface area contributed by atoms with Crippen molar-refractivity contribution in [3.63, 3.8) is 0 Å². The van der Waals surface area contributed by atoms with Crippen LogP contribution < -0.4 is 10.6 Å². The highest BCUT2D eigenvalue weighted by Gasteiger charge is 2.35. The molecule has 0 amide bonds. The van der Waals surface area contributed by atoms with Crippen LogP contribution in [0, 0.1) is 5.53 Å². The van der Waals surface area contributed by atoms with Crippen LogP contribution in [0.25, 0.3) is 16.6 Å². The number of halogens is 2. The number of fused-ring (bicyclic) bond motifs is 1. The van der Waals surface area contributed by atoms with Crippen molar-refractivity contribution in [3.8, 4) is 11.1 Å². The zero-order chi connectivity index (χ0) is 19.7. The highest BCUT2D eigenvalue weighted by Crippen LogP contribution is 2.35. The molecule has 7 nitrogen and oxygen atoms in total. The van der Waals surface area contributed by atoms with Gasteiger partial charge in [0.05, 0.1) is 17.4 Å². The van der Waals surface area contributed by atoms with Crippen molar-refractivity contribution >= 4 is 22.8 Å². The molecular weight excluding hydrogens is 364 g/mol. The third kappa shape index (κ3) is 3.51. The van der Waals surface area contributed by atoms with Gasteiger partial charge in [0.15, 0.2) is 0 Å². The fraction of sp³-hybridized carbons (Fsp3) is 0.368. The molecule has 3 aromatic rings. The average Bonchev–Trinajstić information content (AvgIpc) is 3.12. The first-order valence-corrected chi connectivity index (χ1v) is 9.17. The minimum atomic E-state index is -2.55. The summed E-state index contributed by atoms with van der Waals surface area (Å²) in [6, 6.07) is 7.52. The van der Waals surface area contributed by atoms with E-state index in [1.54, 1.807) is 23.8 Å². The third-order valence-corrected chi connectivity index (χ3v) is 5.16. The maximum absolute atomic E-state index is 13.3. The number of rotatable bonds is 5. The van der Waals surface area contributed by atoms with Gasteiger partial charge in [0.1, 0.15) is 5.69 Å². The molecule has 0 atom stereocenters. The first-order chi connectivity index (χ1) is 13.5. The van der Waals surface area contributed by atoms with Gasteiger partial charge in [-0.25, -0.2) is 23.8 Å². The fourth-order valence-corrected chi connectivity index (χ4v) is 3.58. The molecule has 146 valence electrons. The van der Waals surface area contributed by atoms with Crippen LogP contribution in [-0.2, 0) is 0 Å². The lowest BCUT2D eigenvalue weighted by atomic mass is 9.92. The molecule has 0 radical (unpaired) electrons. The lowest BCUT2D eigenvalue weighted by Gasteiger charge is -2.28. The lowest BCUT2D eigenvalue weighted by molar-refractivity contribution is -0.0361. The second kappa shape index (κ2) is 7.14. The fourth-order valence-electron chi connectivity index (χ4n) is 3.58. The topological polar surface area (TPSA) is 90.5 Å². The summed E-state index contributed by atoms with van der Waals surface area (Å²) in [7, 11) is 1.79. The molecule has 1 aromatic carbocycles. The Bertz CT molecular complexity index is 1000. The average molecular weight is 385 g/mol. The van der Waals surface area contributed by atoms with Gasteiger partial charge in [-0.05, 0) is 36.6 Å². The Kier molecular flexibility index (Phi) is 4.66. The van der Waals surface area contributed by atoms with E-state index in [4.69, 9.17) is 5.53 Å². The van der Waals surface area contributed by atoms with Gasteiger partial charge in [-0.3, -0.25) is 0 Å². The van der Waals surface area contributed by atoms with Gasteiger partial charge in [-0.1, -0.05) is 6.07 Å². The molecule has 28 heavy (non-hydrogen) atoms. The molecule has 2 heterocycles. The largest absolute Gasteiger partial charge is 0.386 e. The molecule has 0 spiro atoms. The Hall–Kier alpha value is -3.10. The summed E-state index contributed by atoms with van der Waals surface area (Å²) in [5.74, 6) is -2.11. The molecule has 9 heteroatoms. The van der Waals surface area contributed by atoms with E-state index in [0.717, 1.165) is 22.3 Å². The SMILES string of the molecule is CNc1cc(-c2ccn3nc(NC4CCC(F)(F)CC4)ncc23)ccc1N=N. The van der Waals surface area contributed by atoms with E-state index in [2.05, 4.69) is 25.8 Å². The smallest absolute Gasteiger partial charge is 0.248 e. The lowest BCUT2D eigenvalue weighted by Crippen LogP contribution is -2.32. The third-order valence-electron chi connectivity index (χ3n) is 5.16. The zero-order valence-corrected chi connectivity index (χ0v) is 15.4. The van der Waals surface area contributed by atoms with Crippen molar-refractivity contribution in [2.75, 3.05) is 17.7 Å². The van der Waals surface area contributed by atoms with Gasteiger partial charge in [-0.2, -0.15) is 5.11 Å². The minimum Gasteiger partial charge on any atom is -0.386 e. The van der Waals surface area contributed by atoms with E-state index < -0.39 is 5.92 Å². The Morgan fingerprint density at radius 1 is 1.25 bits per heavy atom. The quantitative estimate of drug-likeness (QED) is 0.534. The summed E-state index contributed by atoms with van der Waals surface area (Å²) < 4.78 is 28.3. The molecule has 1 fully saturated rings. The number of alkyl halides is 2. The number of anilines is 2. The first-order valence-electron chi connectivity index (χ1n) is 9.17. The molecule has 2 aromatic heterocycles. The van der Waals surface area contributed by atoms with E-state index in [1.807, 2.05) is 24.4 Å². The molecule has 1 saturated carbocycles. The van der Waals surface area contributed by atoms with E-state index in [1.165, 1.54) is 0 Å². The van der Waals surface area contributed by atoms with E-state index in [-0.39, 0.29) is 18.9 Å². The summed E-state index contributed by atoms with van der Waals surface area (Å²) in [4.78, 5) is 4.38. The zero-order valence-electron chi connectivity index (χ0n) is 15.4. The number of aromatic nitrogens is 3. The van der Waals surface area contributed by atoms with Gasteiger partial charge in [0, 0.05) is 37.7 Å². The van der Waals surface area contributed by atoms with Crippen LogP contribution >= 0.6 is 0 Å². The summed E-state index contributed by atoms with van der Waals surface area (Å²) in [6.45, 7) is 0. The standard InChI is InChI=1S/C19H21F2N7/c1-23-16-10-12(2-3-15(16)26-22)14-6-9-28-17(14)11-24-18(27-28)25-13-4-7-19(20,21)8-5-13/h2-3,6,9-11,13,22-23H,4-5,7-8H2,1H3,(H,25,27). The van der Waals surface area contributed by atoms with Gasteiger partial charge in [0.2, 0.25) is 11.9 Å².